The molecule has 1 aromatic carbocycles. The van der Waals surface area contributed by atoms with E-state index in [9.17, 15) is 9.90 Å². The number of rotatable bonds is 4. The van der Waals surface area contributed by atoms with Crippen LogP contribution in [0.5, 0.6) is 0 Å². The molecule has 2 aromatic heterocycles. The van der Waals surface area contributed by atoms with Gasteiger partial charge in [-0.1, -0.05) is 41.5 Å². The number of aromatic nitrogens is 1. The number of fused-ring (bicyclic) bond motifs is 1. The monoisotopic (exact) mass is 705 g/mol. The first kappa shape index (κ1) is 30.5. The third-order valence-electron chi connectivity index (χ3n) is 5.60. The second kappa shape index (κ2) is 12.4. The normalized spacial score (nSPS) is 13.0. The topological polar surface area (TPSA) is 50.2 Å². The summed E-state index contributed by atoms with van der Waals surface area (Å²) in [5, 5.41) is 10.8. The van der Waals surface area contributed by atoms with Crippen molar-refractivity contribution in [2.75, 3.05) is 0 Å². The van der Waals surface area contributed by atoms with Gasteiger partial charge >= 0.3 is 126 Å². The molecular weight excluding hydrogens is 666 g/mol. The van der Waals surface area contributed by atoms with Gasteiger partial charge in [-0.15, -0.1) is 0 Å². The van der Waals surface area contributed by atoms with E-state index in [1.807, 2.05) is 47.7 Å². The van der Waals surface area contributed by atoms with E-state index < -0.39 is 5.41 Å². The van der Waals surface area contributed by atoms with E-state index >= 15 is 0 Å². The van der Waals surface area contributed by atoms with Crippen LogP contribution in [0.15, 0.2) is 47.2 Å². The minimum Gasteiger partial charge on any atom is 0 e. The number of carbonyl (C=O) groups excluding carboxylic acids is 1. The molecule has 3 rings (SSSR count). The Labute approximate surface area is 225 Å². The third kappa shape index (κ3) is 8.61. The summed E-state index contributed by atoms with van der Waals surface area (Å²) in [4.78, 5) is 18.4. The molecule has 1 radical (unpaired) electrons. The van der Waals surface area contributed by atoms with Crippen LogP contribution in [0.3, 0.4) is 0 Å². The minimum atomic E-state index is -0.417. The van der Waals surface area contributed by atoms with Gasteiger partial charge in [0.05, 0.1) is 0 Å². The van der Waals surface area contributed by atoms with Crippen molar-refractivity contribution in [2.24, 2.45) is 10.8 Å². The van der Waals surface area contributed by atoms with Crippen LogP contribution in [0.2, 0.25) is 0 Å². The van der Waals surface area contributed by atoms with Gasteiger partial charge in [0.25, 0.3) is 0 Å². The van der Waals surface area contributed by atoms with Crippen molar-refractivity contribution in [3.05, 3.63) is 64.4 Å². The van der Waals surface area contributed by atoms with Crippen LogP contribution in [0, 0.1) is 23.8 Å². The number of allylic oxidation sites excluding steroid dienone is 2. The second-order valence-corrected chi connectivity index (χ2v) is 12.7. The predicted molar refractivity (Wildman–Crippen MR) is 141 cm³/mol. The Hall–Kier alpha value is -1.51. The number of aliphatic hydroxyl groups is 1. The van der Waals surface area contributed by atoms with Crippen LogP contribution in [-0.4, -0.2) is 30.4 Å². The van der Waals surface area contributed by atoms with Gasteiger partial charge in [-0.3, -0.25) is 4.79 Å². The van der Waals surface area contributed by atoms with Gasteiger partial charge in [-0.05, 0) is 0 Å². The van der Waals surface area contributed by atoms with Crippen LogP contribution in [-0.2, 0) is 24.9 Å². The maximum Gasteiger partial charge on any atom is 0 e. The summed E-state index contributed by atoms with van der Waals surface area (Å²) < 4.78 is 1.43. The fourth-order valence-electron chi connectivity index (χ4n) is 2.96. The molecular formula is C29H38IrNO2Se-. The Bertz CT molecular complexity index is 1130. The van der Waals surface area contributed by atoms with Crippen LogP contribution >= 0.6 is 0 Å². The molecule has 1 unspecified atom stereocenters. The van der Waals surface area contributed by atoms with Gasteiger partial charge in [0.2, 0.25) is 0 Å². The second-order valence-electron chi connectivity index (χ2n) is 10.7. The molecule has 2 heterocycles. The van der Waals surface area contributed by atoms with Crippen molar-refractivity contribution in [2.45, 2.75) is 74.7 Å². The van der Waals surface area contributed by atoms with Crippen LogP contribution in [0.4, 0.5) is 0 Å². The summed E-state index contributed by atoms with van der Waals surface area (Å²) in [6.45, 7) is 17.7. The Morgan fingerprint density at radius 1 is 1.15 bits per heavy atom. The van der Waals surface area contributed by atoms with E-state index in [1.165, 1.54) is 26.8 Å². The molecule has 0 aliphatic rings. The molecule has 0 saturated heterocycles. The van der Waals surface area contributed by atoms with E-state index in [2.05, 4.69) is 61.0 Å². The van der Waals surface area contributed by atoms with Crippen molar-refractivity contribution in [1.29, 1.82) is 0 Å². The molecule has 1 atom stereocenters. The Balaban J connectivity index is 0.000000364. The van der Waals surface area contributed by atoms with Crippen LogP contribution < -0.4 is 0 Å². The average molecular weight is 704 g/mol. The molecule has 1 N–H and O–H groups in total. The molecule has 34 heavy (non-hydrogen) atoms. The number of nitrogens with zero attached hydrogens (tertiary/aromatic N) is 1. The molecule has 0 aliphatic heterocycles. The van der Waals surface area contributed by atoms with E-state index in [-0.39, 0.29) is 37.1 Å². The van der Waals surface area contributed by atoms with Gasteiger partial charge < -0.3 is 5.11 Å². The van der Waals surface area contributed by atoms with Crippen molar-refractivity contribution in [3.8, 4) is 11.3 Å². The summed E-state index contributed by atoms with van der Waals surface area (Å²) in [7, 11) is 0. The van der Waals surface area contributed by atoms with E-state index in [1.54, 1.807) is 0 Å². The number of aliphatic hydroxyl groups excluding tert-OH is 1. The molecule has 3 nitrogen and oxygen atoms in total. The van der Waals surface area contributed by atoms with Gasteiger partial charge in [0, 0.05) is 37.0 Å². The largest absolute Gasteiger partial charge is 0 e. The summed E-state index contributed by atoms with van der Waals surface area (Å²) >= 11 is 0.469. The molecule has 3 aromatic rings. The van der Waals surface area contributed by atoms with Gasteiger partial charge in [-0.25, -0.2) is 0 Å². The van der Waals surface area contributed by atoms with Gasteiger partial charge in [0.15, 0.2) is 5.78 Å². The zero-order valence-corrected chi connectivity index (χ0v) is 26.0. The standard InChI is InChI=1S/C18H18NSe.C11H20O2.Ir/c1-4-13(3)15-7-12(2)8-16(9-15)17-10-18-14(11-19-17)5-6-20-18;1-10(2,3)8(12)7-9(13)11(4,5)6;/h5-7,9-11,13H,4H2,1-3H3;7,12H,1-6H3;/q-1;;/b;8-7-;. The SMILES string of the molecule is CC(C)(C)C(=O)/C=C(\O)C(C)(C)C.CCC(C)c1cc(C)[c-]c(-c2cc3[se]ccc3cn2)c1.[Ir]. The number of pyridine rings is 1. The zero-order chi connectivity index (χ0) is 25.0. The van der Waals surface area contributed by atoms with Gasteiger partial charge in [-0.2, -0.15) is 0 Å². The molecule has 0 spiro atoms. The minimum absolute atomic E-state index is 0. The Morgan fingerprint density at radius 2 is 1.79 bits per heavy atom. The summed E-state index contributed by atoms with van der Waals surface area (Å²) in [5.41, 5.74) is 4.02. The average Bonchev–Trinajstić information content (AvgIpc) is 3.19. The molecule has 0 fully saturated rings. The molecule has 0 aliphatic carbocycles. The number of aryl methyl sites for hydroxylation is 1. The summed E-state index contributed by atoms with van der Waals surface area (Å²) in [5.74, 6) is 0.690. The van der Waals surface area contributed by atoms with E-state index in [4.69, 9.17) is 0 Å². The quantitative estimate of drug-likeness (QED) is 0.131. The number of benzene rings is 1. The molecule has 0 saturated carbocycles. The van der Waals surface area contributed by atoms with Gasteiger partial charge in [0.1, 0.15) is 5.76 Å². The van der Waals surface area contributed by atoms with E-state index in [0.29, 0.717) is 20.4 Å². The van der Waals surface area contributed by atoms with Crippen molar-refractivity contribution in [3.63, 3.8) is 0 Å². The summed E-state index contributed by atoms with van der Waals surface area (Å²) in [6.07, 6.45) is 4.49. The number of carbonyl (C=O) groups is 1. The first-order chi connectivity index (χ1) is 15.2. The third-order valence-corrected chi connectivity index (χ3v) is 7.44. The first-order valence-corrected chi connectivity index (χ1v) is 13.4. The molecule has 0 bridgehead atoms. The van der Waals surface area contributed by atoms with E-state index in [0.717, 1.165) is 17.7 Å². The van der Waals surface area contributed by atoms with Crippen molar-refractivity contribution >= 4 is 29.9 Å². The number of ketones is 1. The Morgan fingerprint density at radius 3 is 2.35 bits per heavy atom. The Kier molecular flexibility index (Phi) is 11.2. The van der Waals surface area contributed by atoms with Crippen LogP contribution in [0.1, 0.15) is 78.9 Å². The number of hydrogen-bond donors (Lipinski definition) is 1. The van der Waals surface area contributed by atoms with Crippen LogP contribution in [0.25, 0.3) is 20.9 Å². The molecule has 0 amide bonds. The fourth-order valence-corrected chi connectivity index (χ4v) is 4.63. The fraction of sp³-hybridized carbons (Fsp3) is 0.448. The maximum atomic E-state index is 11.5. The van der Waals surface area contributed by atoms with Crippen molar-refractivity contribution < 1.29 is 30.0 Å². The maximum absolute atomic E-state index is 11.5. The smallest absolute Gasteiger partial charge is 0 e. The summed E-state index contributed by atoms with van der Waals surface area (Å²) in [6, 6.07) is 12.4. The van der Waals surface area contributed by atoms with Crippen molar-refractivity contribution in [1.82, 2.24) is 4.98 Å². The predicted octanol–water partition coefficient (Wildman–Crippen LogP) is 7.67. The first-order valence-electron chi connectivity index (χ1n) is 11.6. The molecule has 187 valence electrons. The molecule has 5 heteroatoms. The zero-order valence-electron chi connectivity index (χ0n) is 21.9. The number of hydrogen-bond acceptors (Lipinski definition) is 3.